The molecular weight excluding hydrogens is 266 g/mol. The summed E-state index contributed by atoms with van der Waals surface area (Å²) in [5.74, 6) is 0.354. The second kappa shape index (κ2) is 8.02. The zero-order chi connectivity index (χ0) is 14.3. The number of carbonyl (C=O) groups is 1. The molecule has 0 saturated heterocycles. The number of aliphatic hydroxyl groups is 1. The molecule has 1 amide bonds. The number of rotatable bonds is 7. The molecular formula is C14H20ClNO3. The van der Waals surface area contributed by atoms with Crippen molar-refractivity contribution in [1.82, 2.24) is 5.32 Å². The Balaban J connectivity index is 2.36. The van der Waals surface area contributed by atoms with Gasteiger partial charge in [-0.15, -0.1) is 0 Å². The van der Waals surface area contributed by atoms with Crippen LogP contribution in [0.15, 0.2) is 24.3 Å². The van der Waals surface area contributed by atoms with Gasteiger partial charge in [0.25, 0.3) is 5.91 Å². The van der Waals surface area contributed by atoms with Gasteiger partial charge in [0.15, 0.2) is 6.10 Å². The van der Waals surface area contributed by atoms with E-state index in [1.165, 1.54) is 0 Å². The van der Waals surface area contributed by atoms with Crippen LogP contribution in [-0.4, -0.2) is 29.8 Å². The molecule has 19 heavy (non-hydrogen) atoms. The van der Waals surface area contributed by atoms with Crippen LogP contribution in [0.5, 0.6) is 5.75 Å². The van der Waals surface area contributed by atoms with Crippen LogP contribution in [0.4, 0.5) is 0 Å². The van der Waals surface area contributed by atoms with Gasteiger partial charge in [0, 0.05) is 11.6 Å². The number of carbonyl (C=O) groups excluding carboxylic acids is 1. The first kappa shape index (κ1) is 15.8. The van der Waals surface area contributed by atoms with Crippen LogP contribution in [0.3, 0.4) is 0 Å². The minimum atomic E-state index is -0.600. The van der Waals surface area contributed by atoms with Crippen LogP contribution < -0.4 is 10.1 Å². The first-order valence-electron chi connectivity index (χ1n) is 6.41. The van der Waals surface area contributed by atoms with Gasteiger partial charge in [0.05, 0.1) is 6.10 Å². The van der Waals surface area contributed by atoms with Gasteiger partial charge >= 0.3 is 0 Å². The van der Waals surface area contributed by atoms with Crippen molar-refractivity contribution in [2.45, 2.75) is 38.9 Å². The lowest BCUT2D eigenvalue weighted by Gasteiger charge is -2.15. The highest BCUT2D eigenvalue weighted by molar-refractivity contribution is 6.30. The van der Waals surface area contributed by atoms with Crippen LogP contribution in [0, 0.1) is 0 Å². The van der Waals surface area contributed by atoms with Crippen LogP contribution in [0.25, 0.3) is 0 Å². The van der Waals surface area contributed by atoms with Crippen molar-refractivity contribution >= 4 is 17.5 Å². The molecule has 0 bridgehead atoms. The van der Waals surface area contributed by atoms with Crippen molar-refractivity contribution in [2.75, 3.05) is 6.54 Å². The highest BCUT2D eigenvalue weighted by atomic mass is 35.5. The fraction of sp³-hybridized carbons (Fsp3) is 0.500. The largest absolute Gasteiger partial charge is 0.481 e. The molecule has 1 aromatic rings. The molecule has 0 aliphatic heterocycles. The average molecular weight is 286 g/mol. The van der Waals surface area contributed by atoms with E-state index in [9.17, 15) is 9.90 Å². The second-order valence-electron chi connectivity index (χ2n) is 4.36. The highest BCUT2D eigenvalue weighted by Crippen LogP contribution is 2.18. The molecule has 0 saturated carbocycles. The Labute approximate surface area is 118 Å². The van der Waals surface area contributed by atoms with Crippen LogP contribution in [0.2, 0.25) is 5.02 Å². The summed E-state index contributed by atoms with van der Waals surface area (Å²) >= 11 is 5.83. The Kier molecular flexibility index (Phi) is 6.67. The lowest BCUT2D eigenvalue weighted by molar-refractivity contribution is -0.127. The minimum absolute atomic E-state index is 0.205. The van der Waals surface area contributed by atoms with Crippen molar-refractivity contribution in [1.29, 1.82) is 0 Å². The molecule has 0 aliphatic carbocycles. The van der Waals surface area contributed by atoms with E-state index < -0.39 is 6.10 Å². The Morgan fingerprint density at radius 1 is 1.53 bits per heavy atom. The van der Waals surface area contributed by atoms with Crippen molar-refractivity contribution in [2.24, 2.45) is 0 Å². The van der Waals surface area contributed by atoms with Crippen molar-refractivity contribution in [3.63, 3.8) is 0 Å². The van der Waals surface area contributed by atoms with Crippen LogP contribution in [0.1, 0.15) is 26.7 Å². The molecule has 106 valence electrons. The molecule has 1 aromatic carbocycles. The van der Waals surface area contributed by atoms with Gasteiger partial charge in [0.2, 0.25) is 0 Å². The van der Waals surface area contributed by atoms with Crippen molar-refractivity contribution < 1.29 is 14.6 Å². The summed E-state index contributed by atoms with van der Waals surface area (Å²) in [6.07, 6.45) is 0.262. The van der Waals surface area contributed by atoms with Gasteiger partial charge in [-0.25, -0.2) is 0 Å². The van der Waals surface area contributed by atoms with Gasteiger partial charge < -0.3 is 15.2 Å². The number of nitrogens with one attached hydrogen (secondary N) is 1. The summed E-state index contributed by atoms with van der Waals surface area (Å²) < 4.78 is 5.48. The number of amides is 1. The number of benzene rings is 1. The first-order valence-corrected chi connectivity index (χ1v) is 6.78. The van der Waals surface area contributed by atoms with E-state index in [1.54, 1.807) is 31.2 Å². The number of ether oxygens (including phenoxy) is 1. The molecule has 1 rings (SSSR count). The maximum absolute atomic E-state index is 11.8. The monoisotopic (exact) mass is 285 g/mol. The third kappa shape index (κ3) is 5.94. The topological polar surface area (TPSA) is 58.6 Å². The zero-order valence-corrected chi connectivity index (χ0v) is 12.0. The summed E-state index contributed by atoms with van der Waals surface area (Å²) in [6.45, 7) is 4.01. The summed E-state index contributed by atoms with van der Waals surface area (Å²) in [6, 6.07) is 6.91. The van der Waals surface area contributed by atoms with Gasteiger partial charge in [-0.05, 0) is 38.0 Å². The quantitative estimate of drug-likeness (QED) is 0.809. The Bertz CT molecular complexity index is 411. The van der Waals surface area contributed by atoms with Gasteiger partial charge in [-0.2, -0.15) is 0 Å². The molecule has 2 N–H and O–H groups in total. The molecule has 0 fully saturated rings. The SMILES string of the molecule is CCC(O)CCNC(=O)C(C)Oc1cccc(Cl)c1. The maximum Gasteiger partial charge on any atom is 0.260 e. The van der Waals surface area contributed by atoms with E-state index in [1.807, 2.05) is 6.92 Å². The summed E-state index contributed by atoms with van der Waals surface area (Å²) in [7, 11) is 0. The Morgan fingerprint density at radius 3 is 2.89 bits per heavy atom. The molecule has 5 heteroatoms. The fourth-order valence-corrected chi connectivity index (χ4v) is 1.69. The summed E-state index contributed by atoms with van der Waals surface area (Å²) in [5.41, 5.74) is 0. The van der Waals surface area contributed by atoms with Crippen LogP contribution >= 0.6 is 11.6 Å². The Morgan fingerprint density at radius 2 is 2.26 bits per heavy atom. The van der Waals surface area contributed by atoms with Gasteiger partial charge in [-0.3, -0.25) is 4.79 Å². The standard InChI is InChI=1S/C14H20ClNO3/c1-3-12(17)7-8-16-14(18)10(2)19-13-6-4-5-11(15)9-13/h4-6,9-10,12,17H,3,7-8H2,1-2H3,(H,16,18). The Hall–Kier alpha value is -1.26. The number of halogens is 1. The molecule has 0 aromatic heterocycles. The maximum atomic E-state index is 11.8. The normalized spacial score (nSPS) is 13.7. The molecule has 2 unspecified atom stereocenters. The van der Waals surface area contributed by atoms with E-state index in [4.69, 9.17) is 16.3 Å². The zero-order valence-electron chi connectivity index (χ0n) is 11.2. The summed E-state index contributed by atoms with van der Waals surface area (Å²) in [4.78, 5) is 11.8. The molecule has 0 radical (unpaired) electrons. The van der Waals surface area contributed by atoms with E-state index in [2.05, 4.69) is 5.32 Å². The van der Waals surface area contributed by atoms with E-state index >= 15 is 0 Å². The van der Waals surface area contributed by atoms with Crippen LogP contribution in [-0.2, 0) is 4.79 Å². The molecule has 4 nitrogen and oxygen atoms in total. The van der Waals surface area contributed by atoms with Crippen molar-refractivity contribution in [3.05, 3.63) is 29.3 Å². The smallest absolute Gasteiger partial charge is 0.260 e. The predicted octanol–water partition coefficient (Wildman–Crippen LogP) is 2.38. The minimum Gasteiger partial charge on any atom is -0.481 e. The third-order valence-corrected chi connectivity index (χ3v) is 2.96. The lowest BCUT2D eigenvalue weighted by Crippen LogP contribution is -2.37. The fourth-order valence-electron chi connectivity index (χ4n) is 1.51. The number of aliphatic hydroxyl groups excluding tert-OH is 1. The highest BCUT2D eigenvalue weighted by Gasteiger charge is 2.14. The van der Waals surface area contributed by atoms with Gasteiger partial charge in [-0.1, -0.05) is 24.6 Å². The predicted molar refractivity (Wildman–Crippen MR) is 75.5 cm³/mol. The lowest BCUT2D eigenvalue weighted by atomic mass is 10.2. The first-order chi connectivity index (χ1) is 9.02. The molecule has 0 aliphatic rings. The van der Waals surface area contributed by atoms with E-state index in [0.717, 1.165) is 0 Å². The van der Waals surface area contributed by atoms with E-state index in [-0.39, 0.29) is 12.0 Å². The molecule has 0 spiro atoms. The van der Waals surface area contributed by atoms with Gasteiger partial charge in [0.1, 0.15) is 5.75 Å². The van der Waals surface area contributed by atoms with Crippen molar-refractivity contribution in [3.8, 4) is 5.75 Å². The number of hydrogen-bond donors (Lipinski definition) is 2. The molecule has 0 heterocycles. The number of hydrogen-bond acceptors (Lipinski definition) is 3. The summed E-state index contributed by atoms with van der Waals surface area (Å²) in [5, 5.41) is 12.7. The second-order valence-corrected chi connectivity index (χ2v) is 4.80. The third-order valence-electron chi connectivity index (χ3n) is 2.73. The average Bonchev–Trinajstić information content (AvgIpc) is 2.38. The molecule has 2 atom stereocenters. The van der Waals surface area contributed by atoms with E-state index in [0.29, 0.717) is 30.2 Å².